The number of nitrogens with zero attached hydrogens (tertiary/aromatic N) is 3. The largest absolute Gasteiger partial charge is 0.493 e. The zero-order valence-electron chi connectivity index (χ0n) is 14.6. The Bertz CT molecular complexity index is 740. The minimum Gasteiger partial charge on any atom is -0.493 e. The molecule has 25 heavy (non-hydrogen) atoms. The number of fused-ring (bicyclic) bond motifs is 1. The molecule has 1 saturated heterocycles. The van der Waals surface area contributed by atoms with Gasteiger partial charge in [-0.2, -0.15) is 4.98 Å². The molecule has 1 aromatic carbocycles. The third kappa shape index (κ3) is 3.69. The number of hydrogen-bond acceptors (Lipinski definition) is 8. The molecule has 3 N–H and O–H groups in total. The summed E-state index contributed by atoms with van der Waals surface area (Å²) in [6.07, 6.45) is 2.00. The van der Waals surface area contributed by atoms with Crippen molar-refractivity contribution in [3.8, 4) is 11.5 Å². The topological polar surface area (TPSA) is 103 Å². The van der Waals surface area contributed by atoms with Crippen molar-refractivity contribution in [1.82, 2.24) is 9.97 Å². The van der Waals surface area contributed by atoms with E-state index in [2.05, 4.69) is 14.9 Å². The van der Waals surface area contributed by atoms with Gasteiger partial charge in [0.15, 0.2) is 11.5 Å². The summed E-state index contributed by atoms with van der Waals surface area (Å²) in [5.74, 6) is 2.17. The lowest BCUT2D eigenvalue weighted by Crippen LogP contribution is -2.41. The Morgan fingerprint density at radius 1 is 1.24 bits per heavy atom. The quantitative estimate of drug-likeness (QED) is 0.803. The molecule has 0 spiro atoms. The Kier molecular flexibility index (Phi) is 5.40. The molecule has 3 rings (SSSR count). The third-order valence-corrected chi connectivity index (χ3v) is 4.32. The van der Waals surface area contributed by atoms with Crippen LogP contribution in [0.4, 0.5) is 11.8 Å². The molecule has 2 aromatic rings. The van der Waals surface area contributed by atoms with E-state index in [1.807, 2.05) is 0 Å². The van der Waals surface area contributed by atoms with E-state index in [0.29, 0.717) is 41.9 Å². The molecule has 2 heterocycles. The van der Waals surface area contributed by atoms with Gasteiger partial charge in [0.2, 0.25) is 5.95 Å². The molecule has 136 valence electrons. The van der Waals surface area contributed by atoms with Gasteiger partial charge in [0.25, 0.3) is 0 Å². The van der Waals surface area contributed by atoms with Crippen molar-refractivity contribution in [2.45, 2.75) is 18.9 Å². The summed E-state index contributed by atoms with van der Waals surface area (Å²) in [5.41, 5.74) is 6.86. The van der Waals surface area contributed by atoms with Crippen LogP contribution in [-0.2, 0) is 4.74 Å². The van der Waals surface area contributed by atoms with Crippen LogP contribution in [0.25, 0.3) is 10.9 Å². The second kappa shape index (κ2) is 7.71. The Hall–Kier alpha value is -2.32. The number of nitrogens with two attached hydrogens (primary N) is 1. The molecule has 1 aliphatic heterocycles. The minimum absolute atomic E-state index is 0.0253. The highest BCUT2D eigenvalue weighted by molar-refractivity contribution is 5.91. The van der Waals surface area contributed by atoms with Gasteiger partial charge in [-0.25, -0.2) is 4.98 Å². The van der Waals surface area contributed by atoms with Crippen LogP contribution in [-0.4, -0.2) is 61.7 Å². The van der Waals surface area contributed by atoms with Crippen molar-refractivity contribution in [2.24, 2.45) is 0 Å². The number of piperidine rings is 1. The molecule has 1 aliphatic rings. The average molecular weight is 348 g/mol. The van der Waals surface area contributed by atoms with Gasteiger partial charge >= 0.3 is 0 Å². The fraction of sp³-hybridized carbons (Fsp3) is 0.529. The fourth-order valence-corrected chi connectivity index (χ4v) is 3.08. The Balaban J connectivity index is 1.91. The minimum atomic E-state index is 0.0253. The van der Waals surface area contributed by atoms with Crippen LogP contribution in [0.3, 0.4) is 0 Å². The summed E-state index contributed by atoms with van der Waals surface area (Å²) in [5, 5.41) is 9.65. The van der Waals surface area contributed by atoms with Gasteiger partial charge in [0.1, 0.15) is 5.82 Å². The number of ether oxygens (including phenoxy) is 3. The molecule has 0 saturated carbocycles. The molecule has 1 unspecified atom stereocenters. The smallest absolute Gasteiger partial charge is 0.227 e. The number of benzene rings is 1. The Morgan fingerprint density at radius 2 is 2.00 bits per heavy atom. The van der Waals surface area contributed by atoms with Crippen LogP contribution in [0, 0.1) is 0 Å². The van der Waals surface area contributed by atoms with Gasteiger partial charge in [-0.1, -0.05) is 0 Å². The average Bonchev–Trinajstić information content (AvgIpc) is 2.65. The maximum absolute atomic E-state index is 8.92. The second-order valence-corrected chi connectivity index (χ2v) is 5.94. The van der Waals surface area contributed by atoms with Crippen molar-refractivity contribution in [2.75, 3.05) is 51.2 Å². The first kappa shape index (κ1) is 17.5. The first-order valence-electron chi connectivity index (χ1n) is 8.33. The standard InChI is InChI=1S/C17H24N4O4/c1-23-14-8-12-13(9-15(14)24-2)19-17(20-16(12)18)21-5-3-4-11(10-21)25-7-6-22/h8-9,11,22H,3-7,10H2,1-2H3,(H2,18,19,20). The highest BCUT2D eigenvalue weighted by Crippen LogP contribution is 2.34. The number of nitrogen functional groups attached to an aromatic ring is 1. The number of aliphatic hydroxyl groups excluding tert-OH is 1. The lowest BCUT2D eigenvalue weighted by Gasteiger charge is -2.32. The predicted molar refractivity (Wildman–Crippen MR) is 95.3 cm³/mol. The van der Waals surface area contributed by atoms with E-state index in [9.17, 15) is 0 Å². The van der Waals surface area contributed by atoms with E-state index in [-0.39, 0.29) is 12.7 Å². The fourth-order valence-electron chi connectivity index (χ4n) is 3.08. The number of hydrogen-bond donors (Lipinski definition) is 2. The first-order valence-corrected chi connectivity index (χ1v) is 8.33. The summed E-state index contributed by atoms with van der Waals surface area (Å²) in [4.78, 5) is 11.2. The first-order chi connectivity index (χ1) is 12.2. The highest BCUT2D eigenvalue weighted by Gasteiger charge is 2.23. The number of aromatic nitrogens is 2. The van der Waals surface area contributed by atoms with Crippen LogP contribution < -0.4 is 20.1 Å². The van der Waals surface area contributed by atoms with E-state index in [4.69, 9.17) is 25.1 Å². The van der Waals surface area contributed by atoms with E-state index in [1.165, 1.54) is 0 Å². The molecule has 0 radical (unpaired) electrons. The summed E-state index contributed by atoms with van der Waals surface area (Å²) >= 11 is 0. The molecule has 0 aliphatic carbocycles. The van der Waals surface area contributed by atoms with Crippen molar-refractivity contribution in [3.63, 3.8) is 0 Å². The molecular formula is C17H24N4O4. The van der Waals surface area contributed by atoms with Crippen molar-refractivity contribution in [1.29, 1.82) is 0 Å². The predicted octanol–water partition coefficient (Wildman–Crippen LogP) is 1.21. The van der Waals surface area contributed by atoms with E-state index in [0.717, 1.165) is 24.8 Å². The normalized spacial score (nSPS) is 17.7. The van der Waals surface area contributed by atoms with Crippen molar-refractivity contribution >= 4 is 22.7 Å². The van der Waals surface area contributed by atoms with Gasteiger partial charge < -0.3 is 30.0 Å². The molecule has 0 amide bonds. The number of methoxy groups -OCH3 is 2. The zero-order valence-corrected chi connectivity index (χ0v) is 14.6. The van der Waals surface area contributed by atoms with Gasteiger partial charge in [0.05, 0.1) is 39.1 Å². The SMILES string of the molecule is COc1cc2nc(N3CCCC(OCCO)C3)nc(N)c2cc1OC. The van der Waals surface area contributed by atoms with Crippen LogP contribution in [0.2, 0.25) is 0 Å². The van der Waals surface area contributed by atoms with E-state index in [1.54, 1.807) is 26.4 Å². The van der Waals surface area contributed by atoms with Crippen molar-refractivity contribution in [3.05, 3.63) is 12.1 Å². The van der Waals surface area contributed by atoms with Crippen molar-refractivity contribution < 1.29 is 19.3 Å². The van der Waals surface area contributed by atoms with Gasteiger partial charge in [-0.05, 0) is 18.9 Å². The highest BCUT2D eigenvalue weighted by atomic mass is 16.5. The molecule has 1 atom stereocenters. The van der Waals surface area contributed by atoms with Crippen LogP contribution in [0.5, 0.6) is 11.5 Å². The van der Waals surface area contributed by atoms with E-state index < -0.39 is 0 Å². The molecular weight excluding hydrogens is 324 g/mol. The zero-order chi connectivity index (χ0) is 17.8. The summed E-state index contributed by atoms with van der Waals surface area (Å²) in [6.45, 7) is 1.89. The summed E-state index contributed by atoms with van der Waals surface area (Å²) < 4.78 is 16.3. The summed E-state index contributed by atoms with van der Waals surface area (Å²) in [7, 11) is 3.16. The monoisotopic (exact) mass is 348 g/mol. The molecule has 1 fully saturated rings. The third-order valence-electron chi connectivity index (χ3n) is 4.32. The molecule has 1 aromatic heterocycles. The molecule has 0 bridgehead atoms. The number of rotatable bonds is 6. The van der Waals surface area contributed by atoms with Gasteiger partial charge in [-0.3, -0.25) is 0 Å². The maximum Gasteiger partial charge on any atom is 0.227 e. The van der Waals surface area contributed by atoms with E-state index >= 15 is 0 Å². The van der Waals surface area contributed by atoms with Crippen LogP contribution in [0.15, 0.2) is 12.1 Å². The molecule has 8 nitrogen and oxygen atoms in total. The van der Waals surface area contributed by atoms with Gasteiger partial charge in [-0.15, -0.1) is 0 Å². The maximum atomic E-state index is 8.92. The lowest BCUT2D eigenvalue weighted by molar-refractivity contribution is 0.0212. The second-order valence-electron chi connectivity index (χ2n) is 5.94. The Labute approximate surface area is 146 Å². The number of aliphatic hydroxyl groups is 1. The summed E-state index contributed by atoms with van der Waals surface area (Å²) in [6, 6.07) is 3.59. The van der Waals surface area contributed by atoms with Crippen LogP contribution >= 0.6 is 0 Å². The molecule has 8 heteroatoms. The van der Waals surface area contributed by atoms with Crippen LogP contribution in [0.1, 0.15) is 12.8 Å². The lowest BCUT2D eigenvalue weighted by atomic mass is 10.1. The van der Waals surface area contributed by atoms with Gasteiger partial charge in [0, 0.05) is 24.5 Å². The Morgan fingerprint density at radius 3 is 2.72 bits per heavy atom. The number of anilines is 2.